The summed E-state index contributed by atoms with van der Waals surface area (Å²) in [6, 6.07) is 14.1. The van der Waals surface area contributed by atoms with E-state index in [9.17, 15) is 4.79 Å². The number of hydrogen-bond donors (Lipinski definition) is 1. The molecular weight excluding hydrogens is 274 g/mol. The number of carbonyl (C=O) groups excluding carboxylic acids is 1. The summed E-state index contributed by atoms with van der Waals surface area (Å²) in [6.07, 6.45) is 3.91. The van der Waals surface area contributed by atoms with Crippen molar-refractivity contribution in [1.82, 2.24) is 9.38 Å². The maximum atomic E-state index is 12.2. The molecule has 4 heteroatoms. The molecule has 0 unspecified atom stereocenters. The molecule has 1 amide bonds. The van der Waals surface area contributed by atoms with Crippen molar-refractivity contribution in [2.24, 2.45) is 5.92 Å². The minimum absolute atomic E-state index is 0.0963. The van der Waals surface area contributed by atoms with Gasteiger partial charge in [-0.1, -0.05) is 35.9 Å². The third-order valence-corrected chi connectivity index (χ3v) is 4.04. The quantitative estimate of drug-likeness (QED) is 0.800. The molecule has 1 N–H and O–H groups in total. The second-order valence-electron chi connectivity index (χ2n) is 5.87. The van der Waals surface area contributed by atoms with Gasteiger partial charge in [0.15, 0.2) is 0 Å². The summed E-state index contributed by atoms with van der Waals surface area (Å²) >= 11 is 0. The standard InChI is InChI=1S/C18H17N3O/c1-12-5-7-13(8-6-12)16-17(20-18(22)14-9-10-14)21-11-3-2-4-15(21)19-16/h2-8,11,14H,9-10H2,1H3,(H,20,22). The van der Waals surface area contributed by atoms with Crippen molar-refractivity contribution >= 4 is 17.4 Å². The number of rotatable bonds is 3. The Morgan fingerprint density at radius 1 is 1.18 bits per heavy atom. The summed E-state index contributed by atoms with van der Waals surface area (Å²) in [7, 11) is 0. The Hall–Kier alpha value is -2.62. The summed E-state index contributed by atoms with van der Waals surface area (Å²) in [5.41, 5.74) is 3.88. The summed E-state index contributed by atoms with van der Waals surface area (Å²) in [4.78, 5) is 16.9. The number of carbonyl (C=O) groups is 1. The van der Waals surface area contributed by atoms with Crippen LogP contribution in [0.4, 0.5) is 5.82 Å². The van der Waals surface area contributed by atoms with E-state index in [2.05, 4.69) is 24.4 Å². The number of benzene rings is 1. The van der Waals surface area contributed by atoms with Gasteiger partial charge in [0, 0.05) is 17.7 Å². The Morgan fingerprint density at radius 3 is 2.68 bits per heavy atom. The third-order valence-electron chi connectivity index (χ3n) is 4.04. The van der Waals surface area contributed by atoms with Crippen molar-refractivity contribution in [3.63, 3.8) is 0 Å². The molecule has 4 nitrogen and oxygen atoms in total. The van der Waals surface area contributed by atoms with Crippen molar-refractivity contribution < 1.29 is 4.79 Å². The largest absolute Gasteiger partial charge is 0.310 e. The lowest BCUT2D eigenvalue weighted by Gasteiger charge is -2.07. The fourth-order valence-corrected chi connectivity index (χ4v) is 2.59. The number of nitrogens with one attached hydrogen (secondary N) is 1. The van der Waals surface area contributed by atoms with Crippen LogP contribution in [-0.2, 0) is 4.79 Å². The molecule has 0 atom stereocenters. The highest BCUT2D eigenvalue weighted by Gasteiger charge is 2.31. The van der Waals surface area contributed by atoms with Gasteiger partial charge in [0.1, 0.15) is 17.2 Å². The van der Waals surface area contributed by atoms with Gasteiger partial charge in [0.2, 0.25) is 5.91 Å². The van der Waals surface area contributed by atoms with Gasteiger partial charge in [0.25, 0.3) is 0 Å². The molecule has 1 aliphatic rings. The lowest BCUT2D eigenvalue weighted by atomic mass is 10.1. The van der Waals surface area contributed by atoms with Gasteiger partial charge in [-0.25, -0.2) is 4.98 Å². The van der Waals surface area contributed by atoms with Crippen molar-refractivity contribution in [3.05, 3.63) is 54.2 Å². The fraction of sp³-hybridized carbons (Fsp3) is 0.222. The smallest absolute Gasteiger partial charge is 0.228 e. The summed E-state index contributed by atoms with van der Waals surface area (Å²) in [5.74, 6) is 1.02. The van der Waals surface area contributed by atoms with Crippen LogP contribution in [0.3, 0.4) is 0 Å². The van der Waals surface area contributed by atoms with E-state index in [1.165, 1.54) is 5.56 Å². The molecule has 1 saturated carbocycles. The molecule has 1 aliphatic carbocycles. The highest BCUT2D eigenvalue weighted by atomic mass is 16.2. The number of anilines is 1. The van der Waals surface area contributed by atoms with Crippen LogP contribution < -0.4 is 5.32 Å². The molecule has 22 heavy (non-hydrogen) atoms. The molecule has 0 bridgehead atoms. The Labute approximate surface area is 128 Å². The van der Waals surface area contributed by atoms with Crippen molar-refractivity contribution in [2.75, 3.05) is 5.32 Å². The average Bonchev–Trinajstić information content (AvgIpc) is 3.32. The van der Waals surface area contributed by atoms with E-state index in [4.69, 9.17) is 4.98 Å². The second-order valence-corrected chi connectivity index (χ2v) is 5.87. The summed E-state index contributed by atoms with van der Waals surface area (Å²) in [6.45, 7) is 2.06. The molecule has 3 aromatic rings. The average molecular weight is 291 g/mol. The molecule has 2 aromatic heterocycles. The number of imidazole rings is 1. The SMILES string of the molecule is Cc1ccc(-c2nc3ccccn3c2NC(=O)C2CC2)cc1. The predicted molar refractivity (Wildman–Crippen MR) is 86.7 cm³/mol. The van der Waals surface area contributed by atoms with Gasteiger partial charge in [-0.15, -0.1) is 0 Å². The second kappa shape index (κ2) is 4.98. The van der Waals surface area contributed by atoms with Crippen LogP contribution in [0, 0.1) is 12.8 Å². The number of nitrogens with zero attached hydrogens (tertiary/aromatic N) is 2. The molecule has 0 saturated heterocycles. The lowest BCUT2D eigenvalue weighted by molar-refractivity contribution is -0.117. The van der Waals surface area contributed by atoms with E-state index >= 15 is 0 Å². The van der Waals surface area contributed by atoms with E-state index in [1.807, 2.05) is 40.9 Å². The Bertz CT molecular complexity index is 844. The van der Waals surface area contributed by atoms with Gasteiger partial charge in [0.05, 0.1) is 0 Å². The summed E-state index contributed by atoms with van der Waals surface area (Å²) < 4.78 is 1.94. The third kappa shape index (κ3) is 2.26. The van der Waals surface area contributed by atoms with E-state index < -0.39 is 0 Å². The Balaban J connectivity index is 1.84. The van der Waals surface area contributed by atoms with E-state index in [0.717, 1.165) is 35.6 Å². The molecule has 0 aliphatic heterocycles. The number of aromatic nitrogens is 2. The number of hydrogen-bond acceptors (Lipinski definition) is 2. The highest BCUT2D eigenvalue weighted by Crippen LogP contribution is 2.33. The minimum Gasteiger partial charge on any atom is -0.310 e. The van der Waals surface area contributed by atoms with Gasteiger partial charge >= 0.3 is 0 Å². The van der Waals surface area contributed by atoms with Gasteiger partial charge in [-0.2, -0.15) is 0 Å². The maximum Gasteiger partial charge on any atom is 0.228 e. The van der Waals surface area contributed by atoms with Gasteiger partial charge < -0.3 is 5.32 Å². The zero-order chi connectivity index (χ0) is 15.1. The number of fused-ring (bicyclic) bond motifs is 1. The first-order chi connectivity index (χ1) is 10.7. The first-order valence-corrected chi connectivity index (χ1v) is 7.57. The summed E-state index contributed by atoms with van der Waals surface area (Å²) in [5, 5.41) is 3.07. The normalized spacial score (nSPS) is 14.2. The number of aryl methyl sites for hydroxylation is 1. The zero-order valence-corrected chi connectivity index (χ0v) is 12.4. The van der Waals surface area contributed by atoms with Crippen molar-refractivity contribution in [1.29, 1.82) is 0 Å². The number of amides is 1. The van der Waals surface area contributed by atoms with Crippen LogP contribution >= 0.6 is 0 Å². The first-order valence-electron chi connectivity index (χ1n) is 7.57. The van der Waals surface area contributed by atoms with Gasteiger partial charge in [-0.3, -0.25) is 9.20 Å². The topological polar surface area (TPSA) is 46.4 Å². The maximum absolute atomic E-state index is 12.2. The van der Waals surface area contributed by atoms with Gasteiger partial charge in [-0.05, 0) is 31.9 Å². The minimum atomic E-state index is 0.0963. The van der Waals surface area contributed by atoms with E-state index in [-0.39, 0.29) is 11.8 Å². The van der Waals surface area contributed by atoms with Crippen LogP contribution in [-0.4, -0.2) is 15.3 Å². The van der Waals surface area contributed by atoms with Crippen LogP contribution in [0.25, 0.3) is 16.9 Å². The van der Waals surface area contributed by atoms with Crippen LogP contribution in [0.1, 0.15) is 18.4 Å². The molecule has 0 radical (unpaired) electrons. The van der Waals surface area contributed by atoms with Crippen LogP contribution in [0.2, 0.25) is 0 Å². The Morgan fingerprint density at radius 2 is 1.95 bits per heavy atom. The molecule has 0 spiro atoms. The predicted octanol–water partition coefficient (Wildman–Crippen LogP) is 3.66. The van der Waals surface area contributed by atoms with E-state index in [1.54, 1.807) is 0 Å². The molecular formula is C18H17N3O. The highest BCUT2D eigenvalue weighted by molar-refractivity contribution is 5.97. The van der Waals surface area contributed by atoms with Crippen molar-refractivity contribution in [3.8, 4) is 11.3 Å². The van der Waals surface area contributed by atoms with E-state index in [0.29, 0.717) is 0 Å². The molecule has 4 rings (SSSR count). The fourth-order valence-electron chi connectivity index (χ4n) is 2.59. The lowest BCUT2D eigenvalue weighted by Crippen LogP contribution is -2.15. The first kappa shape index (κ1) is 13.1. The molecule has 2 heterocycles. The number of pyridine rings is 1. The zero-order valence-electron chi connectivity index (χ0n) is 12.4. The Kier molecular flexibility index (Phi) is 2.96. The van der Waals surface area contributed by atoms with Crippen LogP contribution in [0.15, 0.2) is 48.7 Å². The van der Waals surface area contributed by atoms with Crippen LogP contribution in [0.5, 0.6) is 0 Å². The van der Waals surface area contributed by atoms with Crippen molar-refractivity contribution in [2.45, 2.75) is 19.8 Å². The monoisotopic (exact) mass is 291 g/mol. The molecule has 110 valence electrons. The molecule has 1 fully saturated rings. The molecule has 1 aromatic carbocycles.